The molecule has 0 saturated heterocycles. The van der Waals surface area contributed by atoms with E-state index in [2.05, 4.69) is 33.8 Å². The van der Waals surface area contributed by atoms with Gasteiger partial charge in [0.2, 0.25) is 0 Å². The number of rotatable bonds is 9. The molecule has 0 unspecified atom stereocenters. The molecule has 0 fully saturated rings. The molecule has 1 aromatic carbocycles. The number of allylic oxidation sites excluding steroid dienone is 3. The average Bonchev–Trinajstić information content (AvgIpc) is 3.20. The van der Waals surface area contributed by atoms with Gasteiger partial charge in [0.15, 0.2) is 0 Å². The summed E-state index contributed by atoms with van der Waals surface area (Å²) in [6, 6.07) is 12.8. The van der Waals surface area contributed by atoms with Crippen LogP contribution in [0.4, 0.5) is 0 Å². The number of pyridine rings is 1. The largest absolute Gasteiger partial charge is 0.457 e. The molecule has 1 amide bonds. The Morgan fingerprint density at radius 3 is 2.86 bits per heavy atom. The Hall–Kier alpha value is -4.00. The van der Waals surface area contributed by atoms with Crippen molar-refractivity contribution in [3.63, 3.8) is 0 Å². The fourth-order valence-corrected chi connectivity index (χ4v) is 2.55. The predicted molar refractivity (Wildman–Crippen MR) is 110 cm³/mol. The van der Waals surface area contributed by atoms with Gasteiger partial charge in [0, 0.05) is 6.20 Å². The first-order chi connectivity index (χ1) is 14.2. The van der Waals surface area contributed by atoms with E-state index in [9.17, 15) is 4.79 Å². The van der Waals surface area contributed by atoms with Crippen molar-refractivity contribution < 1.29 is 9.53 Å². The Balaban J connectivity index is 1.59. The van der Waals surface area contributed by atoms with E-state index in [-0.39, 0.29) is 12.5 Å². The molecular weight excluding hydrogens is 366 g/mol. The fourth-order valence-electron chi connectivity index (χ4n) is 2.55. The van der Waals surface area contributed by atoms with Gasteiger partial charge in [-0.05, 0) is 42.0 Å². The molecule has 1 N–H and O–H groups in total. The van der Waals surface area contributed by atoms with Gasteiger partial charge >= 0.3 is 0 Å². The molecule has 0 saturated carbocycles. The van der Waals surface area contributed by atoms with E-state index >= 15 is 0 Å². The maximum atomic E-state index is 12.1. The van der Waals surface area contributed by atoms with Gasteiger partial charge in [0.1, 0.15) is 22.9 Å². The standard InChI is InChI=1S/C22H21N5O2/c1-3-8-19(4-2)29-20-10-7-9-17(13-20)15-27-16-18(25-26-27)14-24-22(28)21-11-5-6-12-23-21/h3-13,16H,1-2,14-15H2,(H,24,28)/b19-8+. The van der Waals surface area contributed by atoms with Crippen LogP contribution in [0.3, 0.4) is 0 Å². The lowest BCUT2D eigenvalue weighted by Crippen LogP contribution is -2.23. The maximum absolute atomic E-state index is 12.1. The summed E-state index contributed by atoms with van der Waals surface area (Å²) >= 11 is 0. The van der Waals surface area contributed by atoms with Crippen LogP contribution in [-0.2, 0) is 13.1 Å². The second-order valence-electron chi connectivity index (χ2n) is 6.06. The van der Waals surface area contributed by atoms with Gasteiger partial charge in [0.05, 0.1) is 19.3 Å². The van der Waals surface area contributed by atoms with E-state index in [1.165, 1.54) is 0 Å². The monoisotopic (exact) mass is 387 g/mol. The number of carbonyl (C=O) groups excluding carboxylic acids is 1. The minimum absolute atomic E-state index is 0.254. The van der Waals surface area contributed by atoms with Gasteiger partial charge in [-0.1, -0.05) is 42.6 Å². The number of aromatic nitrogens is 4. The summed E-state index contributed by atoms with van der Waals surface area (Å²) in [5.74, 6) is 1.05. The normalized spacial score (nSPS) is 11.0. The van der Waals surface area contributed by atoms with Crippen LogP contribution in [0.25, 0.3) is 0 Å². The Labute approximate surface area is 169 Å². The molecule has 3 aromatic rings. The third-order valence-electron chi connectivity index (χ3n) is 3.88. The van der Waals surface area contributed by atoms with Crippen LogP contribution >= 0.6 is 0 Å². The molecule has 7 nitrogen and oxygen atoms in total. The number of hydrogen-bond acceptors (Lipinski definition) is 5. The topological polar surface area (TPSA) is 81.9 Å². The lowest BCUT2D eigenvalue weighted by Gasteiger charge is -2.08. The predicted octanol–water partition coefficient (Wildman–Crippen LogP) is 3.29. The Bertz CT molecular complexity index is 1020. The highest BCUT2D eigenvalue weighted by Crippen LogP contribution is 2.17. The van der Waals surface area contributed by atoms with Crippen molar-refractivity contribution in [2.24, 2.45) is 0 Å². The molecule has 3 rings (SSSR count). The van der Waals surface area contributed by atoms with Crippen LogP contribution in [0.2, 0.25) is 0 Å². The molecule has 0 bridgehead atoms. The lowest BCUT2D eigenvalue weighted by molar-refractivity contribution is 0.0945. The zero-order valence-corrected chi connectivity index (χ0v) is 15.9. The molecule has 0 spiro atoms. The molecule has 0 radical (unpaired) electrons. The van der Waals surface area contributed by atoms with Gasteiger partial charge in [0.25, 0.3) is 5.91 Å². The summed E-state index contributed by atoms with van der Waals surface area (Å²) in [5.41, 5.74) is 2.02. The van der Waals surface area contributed by atoms with Crippen molar-refractivity contribution in [2.75, 3.05) is 0 Å². The highest BCUT2D eigenvalue weighted by Gasteiger charge is 2.08. The van der Waals surface area contributed by atoms with Crippen LogP contribution in [-0.4, -0.2) is 25.9 Å². The molecule has 0 atom stereocenters. The summed E-state index contributed by atoms with van der Waals surface area (Å²) < 4.78 is 7.47. The molecule has 0 aliphatic carbocycles. The summed E-state index contributed by atoms with van der Waals surface area (Å²) in [4.78, 5) is 16.1. The van der Waals surface area contributed by atoms with Crippen molar-refractivity contribution in [2.45, 2.75) is 13.1 Å². The average molecular weight is 387 g/mol. The van der Waals surface area contributed by atoms with Gasteiger partial charge in [-0.3, -0.25) is 9.78 Å². The number of amides is 1. The van der Waals surface area contributed by atoms with Crippen LogP contribution < -0.4 is 10.1 Å². The maximum Gasteiger partial charge on any atom is 0.270 e. The Morgan fingerprint density at radius 1 is 1.21 bits per heavy atom. The van der Waals surface area contributed by atoms with E-state index in [0.29, 0.717) is 29.4 Å². The lowest BCUT2D eigenvalue weighted by atomic mass is 10.2. The van der Waals surface area contributed by atoms with Crippen molar-refractivity contribution in [1.82, 2.24) is 25.3 Å². The summed E-state index contributed by atoms with van der Waals surface area (Å²) in [6.45, 7) is 8.17. The van der Waals surface area contributed by atoms with Gasteiger partial charge < -0.3 is 10.1 Å². The zero-order valence-electron chi connectivity index (χ0n) is 15.9. The number of benzene rings is 1. The smallest absolute Gasteiger partial charge is 0.270 e. The fraction of sp³-hybridized carbons (Fsp3) is 0.0909. The van der Waals surface area contributed by atoms with Crippen LogP contribution in [0.5, 0.6) is 5.75 Å². The van der Waals surface area contributed by atoms with E-state index < -0.39 is 0 Å². The van der Waals surface area contributed by atoms with Crippen LogP contribution in [0.15, 0.2) is 92.0 Å². The second kappa shape index (κ2) is 9.80. The van der Waals surface area contributed by atoms with Crippen LogP contribution in [0.1, 0.15) is 21.7 Å². The van der Waals surface area contributed by atoms with Gasteiger partial charge in [-0.25, -0.2) is 4.68 Å². The van der Waals surface area contributed by atoms with Crippen molar-refractivity contribution in [3.8, 4) is 5.75 Å². The minimum Gasteiger partial charge on any atom is -0.457 e. The first kappa shape index (κ1) is 19.8. The minimum atomic E-state index is -0.254. The van der Waals surface area contributed by atoms with E-state index in [4.69, 9.17) is 4.74 Å². The molecular formula is C22H21N5O2. The first-order valence-electron chi connectivity index (χ1n) is 8.98. The Morgan fingerprint density at radius 2 is 2.10 bits per heavy atom. The number of ether oxygens (including phenoxy) is 1. The first-order valence-corrected chi connectivity index (χ1v) is 8.98. The van der Waals surface area contributed by atoms with Gasteiger partial charge in [-0.2, -0.15) is 0 Å². The van der Waals surface area contributed by atoms with E-state index in [0.717, 1.165) is 5.56 Å². The number of carbonyl (C=O) groups is 1. The molecule has 2 heterocycles. The highest BCUT2D eigenvalue weighted by atomic mass is 16.5. The number of nitrogens with one attached hydrogen (secondary N) is 1. The molecule has 146 valence electrons. The summed E-state index contributed by atoms with van der Waals surface area (Å²) in [7, 11) is 0. The van der Waals surface area contributed by atoms with E-state index in [1.807, 2.05) is 24.3 Å². The SMILES string of the molecule is C=C/C=C(\C=C)Oc1cccc(Cn2cc(CNC(=O)c3ccccn3)nn2)c1. The molecule has 0 aliphatic rings. The summed E-state index contributed by atoms with van der Waals surface area (Å²) in [5, 5.41) is 11.0. The second-order valence-corrected chi connectivity index (χ2v) is 6.06. The van der Waals surface area contributed by atoms with Crippen molar-refractivity contribution in [3.05, 3.63) is 109 Å². The quantitative estimate of drug-likeness (QED) is 0.450. The number of nitrogens with zero attached hydrogens (tertiary/aromatic N) is 4. The van der Waals surface area contributed by atoms with E-state index in [1.54, 1.807) is 53.5 Å². The van der Waals surface area contributed by atoms with Crippen molar-refractivity contribution in [1.29, 1.82) is 0 Å². The van der Waals surface area contributed by atoms with Gasteiger partial charge in [-0.15, -0.1) is 5.10 Å². The summed E-state index contributed by atoms with van der Waals surface area (Å²) in [6.07, 6.45) is 8.37. The zero-order chi connectivity index (χ0) is 20.5. The third kappa shape index (κ3) is 5.74. The molecule has 29 heavy (non-hydrogen) atoms. The van der Waals surface area contributed by atoms with Crippen LogP contribution in [0, 0.1) is 0 Å². The molecule has 7 heteroatoms. The molecule has 0 aliphatic heterocycles. The van der Waals surface area contributed by atoms with Crippen molar-refractivity contribution >= 4 is 5.91 Å². The Kier molecular flexibility index (Phi) is 6.67. The number of hydrogen-bond donors (Lipinski definition) is 1. The highest BCUT2D eigenvalue weighted by molar-refractivity contribution is 5.92. The molecule has 2 aromatic heterocycles. The third-order valence-corrected chi connectivity index (χ3v) is 3.88.